The van der Waals surface area contributed by atoms with E-state index in [2.05, 4.69) is 4.99 Å². The first-order chi connectivity index (χ1) is 10.1. The summed E-state index contributed by atoms with van der Waals surface area (Å²) in [6.07, 6.45) is 0. The van der Waals surface area contributed by atoms with E-state index in [1.165, 1.54) is 0 Å². The molecule has 0 saturated heterocycles. The van der Waals surface area contributed by atoms with E-state index in [0.717, 1.165) is 5.06 Å². The van der Waals surface area contributed by atoms with Crippen molar-refractivity contribution in [3.63, 3.8) is 0 Å². The number of halogens is 2. The number of nitrogens with zero attached hydrogens (tertiary/aromatic N) is 2. The summed E-state index contributed by atoms with van der Waals surface area (Å²) in [5.74, 6) is -0.631. The van der Waals surface area contributed by atoms with Crippen molar-refractivity contribution in [3.05, 3.63) is 69.7 Å². The van der Waals surface area contributed by atoms with Crippen molar-refractivity contribution in [2.75, 3.05) is 0 Å². The van der Waals surface area contributed by atoms with E-state index in [9.17, 15) is 10.0 Å². The third-order valence-electron chi connectivity index (χ3n) is 3.14. The number of alkyl halides is 1. The zero-order chi connectivity index (χ0) is 15.0. The van der Waals surface area contributed by atoms with E-state index >= 15 is 0 Å². The number of fused-ring (bicyclic) bond motifs is 1. The van der Waals surface area contributed by atoms with Crippen LogP contribution in [0.4, 0.5) is 0 Å². The lowest BCUT2D eigenvalue weighted by Gasteiger charge is -2.22. The molecule has 6 heteroatoms. The maximum absolute atomic E-state index is 11.9. The predicted molar refractivity (Wildman–Crippen MR) is 79.5 cm³/mol. The molecule has 1 heterocycles. The van der Waals surface area contributed by atoms with E-state index < -0.39 is 11.4 Å². The molecule has 0 saturated carbocycles. The Hall–Kier alpha value is -1.88. The topological polar surface area (TPSA) is 52.9 Å². The second-order valence-corrected chi connectivity index (χ2v) is 5.36. The Kier molecular flexibility index (Phi) is 3.68. The standard InChI is InChI=1S/C15H10Cl2N2O2/c16-10-6-7-12-11(8-10)13(9-4-2-1-3-5-9)19(21)14(17)15(20)18-12/h1-8,14,21H. The maximum atomic E-state index is 11.9. The molecular formula is C15H10Cl2N2O2. The van der Waals surface area contributed by atoms with Gasteiger partial charge in [0.2, 0.25) is 5.50 Å². The van der Waals surface area contributed by atoms with Crippen LogP contribution in [0.3, 0.4) is 0 Å². The first-order valence-corrected chi connectivity index (χ1v) is 6.99. The molecule has 4 nitrogen and oxygen atoms in total. The lowest BCUT2D eigenvalue weighted by atomic mass is 10.1. The monoisotopic (exact) mass is 320 g/mol. The summed E-state index contributed by atoms with van der Waals surface area (Å²) in [7, 11) is 0. The highest BCUT2D eigenvalue weighted by Crippen LogP contribution is 2.20. The number of hydrogen-bond donors (Lipinski definition) is 1. The van der Waals surface area contributed by atoms with Crippen LogP contribution in [0, 0.1) is 0 Å². The minimum Gasteiger partial charge on any atom is -0.286 e. The van der Waals surface area contributed by atoms with Gasteiger partial charge >= 0.3 is 0 Å². The van der Waals surface area contributed by atoms with Crippen molar-refractivity contribution in [1.82, 2.24) is 5.06 Å². The minimum absolute atomic E-state index is 0.391. The summed E-state index contributed by atoms with van der Waals surface area (Å²) in [5.41, 5.74) is -0.187. The van der Waals surface area contributed by atoms with Crippen LogP contribution in [-0.4, -0.2) is 21.7 Å². The smallest absolute Gasteiger partial charge is 0.286 e. The Morgan fingerprint density at radius 1 is 1.14 bits per heavy atom. The Bertz CT molecular complexity index is 821. The fourth-order valence-corrected chi connectivity index (χ4v) is 2.51. The number of carbonyl (C=O) groups excluding carboxylic acids is 1. The van der Waals surface area contributed by atoms with E-state index in [4.69, 9.17) is 23.2 Å². The van der Waals surface area contributed by atoms with Gasteiger partial charge in [0.15, 0.2) is 0 Å². The van der Waals surface area contributed by atoms with Crippen LogP contribution in [0.2, 0.25) is 5.02 Å². The van der Waals surface area contributed by atoms with E-state index in [-0.39, 0.29) is 0 Å². The van der Waals surface area contributed by atoms with Crippen molar-refractivity contribution in [1.29, 1.82) is 0 Å². The molecule has 2 aromatic rings. The fraction of sp³-hybridized carbons (Fsp3) is 0.0667. The third-order valence-corrected chi connectivity index (χ3v) is 3.75. The average molecular weight is 321 g/mol. The van der Waals surface area contributed by atoms with Gasteiger partial charge in [-0.1, -0.05) is 53.5 Å². The number of amides is 1. The summed E-state index contributed by atoms with van der Waals surface area (Å²) in [5, 5.41) is 12.5. The summed E-state index contributed by atoms with van der Waals surface area (Å²) in [6.45, 7) is 0. The van der Waals surface area contributed by atoms with Gasteiger partial charge in [-0.05, 0) is 18.2 Å². The Labute approximate surface area is 130 Å². The number of benzene rings is 2. The molecule has 1 N–H and O–H groups in total. The van der Waals surface area contributed by atoms with Crippen LogP contribution >= 0.6 is 23.2 Å². The molecule has 3 rings (SSSR count). The predicted octanol–water partition coefficient (Wildman–Crippen LogP) is 1.91. The van der Waals surface area contributed by atoms with Crippen molar-refractivity contribution < 1.29 is 10.0 Å². The molecule has 2 aromatic carbocycles. The van der Waals surface area contributed by atoms with Crippen LogP contribution in [0.25, 0.3) is 5.70 Å². The van der Waals surface area contributed by atoms with Crippen molar-refractivity contribution >= 4 is 34.8 Å². The SMILES string of the molecule is O=C1N=c2ccc(Cl)cc2=C(c2ccccc2)N(O)C1Cl. The van der Waals surface area contributed by atoms with Crippen LogP contribution in [0.1, 0.15) is 5.56 Å². The zero-order valence-corrected chi connectivity index (χ0v) is 12.2. The van der Waals surface area contributed by atoms with Gasteiger partial charge in [-0.15, -0.1) is 0 Å². The first-order valence-electron chi connectivity index (χ1n) is 6.18. The highest BCUT2D eigenvalue weighted by molar-refractivity contribution is 6.31. The van der Waals surface area contributed by atoms with Gasteiger partial charge < -0.3 is 0 Å². The second-order valence-electron chi connectivity index (χ2n) is 4.51. The average Bonchev–Trinajstić information content (AvgIpc) is 2.58. The highest BCUT2D eigenvalue weighted by atomic mass is 35.5. The summed E-state index contributed by atoms with van der Waals surface area (Å²) >= 11 is 12.0. The fourth-order valence-electron chi connectivity index (χ4n) is 2.19. The molecule has 0 aliphatic carbocycles. The lowest BCUT2D eigenvalue weighted by Crippen LogP contribution is -2.35. The summed E-state index contributed by atoms with van der Waals surface area (Å²) in [6, 6.07) is 14.0. The molecule has 1 amide bonds. The zero-order valence-electron chi connectivity index (χ0n) is 10.7. The summed E-state index contributed by atoms with van der Waals surface area (Å²) in [4.78, 5) is 15.8. The largest absolute Gasteiger partial charge is 0.286 e. The van der Waals surface area contributed by atoms with E-state index in [0.29, 0.717) is 26.9 Å². The molecule has 106 valence electrons. The molecule has 1 aliphatic heterocycles. The third kappa shape index (κ3) is 2.53. The van der Waals surface area contributed by atoms with Gasteiger partial charge in [0, 0.05) is 15.8 Å². The normalized spacial score (nSPS) is 18.0. The van der Waals surface area contributed by atoms with Gasteiger partial charge in [0.05, 0.1) is 11.1 Å². The van der Waals surface area contributed by atoms with Crippen molar-refractivity contribution in [3.8, 4) is 0 Å². The van der Waals surface area contributed by atoms with Crippen molar-refractivity contribution in [2.24, 2.45) is 4.99 Å². The van der Waals surface area contributed by atoms with Crippen LogP contribution in [-0.2, 0) is 4.79 Å². The Morgan fingerprint density at radius 2 is 1.86 bits per heavy atom. The Morgan fingerprint density at radius 3 is 2.57 bits per heavy atom. The van der Waals surface area contributed by atoms with Crippen LogP contribution in [0.15, 0.2) is 53.5 Å². The first kappa shape index (κ1) is 14.1. The molecule has 0 spiro atoms. The number of hydroxylamine groups is 2. The molecule has 1 unspecified atom stereocenters. The molecule has 1 atom stereocenters. The minimum atomic E-state index is -1.29. The molecule has 0 radical (unpaired) electrons. The lowest BCUT2D eigenvalue weighted by molar-refractivity contribution is -0.128. The van der Waals surface area contributed by atoms with Gasteiger partial charge in [0.25, 0.3) is 5.91 Å². The maximum Gasteiger partial charge on any atom is 0.286 e. The van der Waals surface area contributed by atoms with Gasteiger partial charge in [-0.3, -0.25) is 10.0 Å². The molecule has 1 aliphatic rings. The number of carbonyl (C=O) groups is 1. The van der Waals surface area contributed by atoms with Gasteiger partial charge in [0.1, 0.15) is 0 Å². The molecule has 21 heavy (non-hydrogen) atoms. The molecular weight excluding hydrogens is 311 g/mol. The highest BCUT2D eigenvalue weighted by Gasteiger charge is 2.27. The van der Waals surface area contributed by atoms with E-state index in [1.54, 1.807) is 18.2 Å². The number of hydrogen-bond acceptors (Lipinski definition) is 3. The molecule has 0 aromatic heterocycles. The molecule has 0 bridgehead atoms. The van der Waals surface area contributed by atoms with Gasteiger partial charge in [-0.25, -0.2) is 10.1 Å². The summed E-state index contributed by atoms with van der Waals surface area (Å²) < 4.78 is 0. The van der Waals surface area contributed by atoms with Crippen molar-refractivity contribution in [2.45, 2.75) is 5.50 Å². The van der Waals surface area contributed by atoms with Crippen LogP contribution < -0.4 is 10.6 Å². The quantitative estimate of drug-likeness (QED) is 0.645. The number of rotatable bonds is 1. The Balaban J connectivity index is 2.45. The second kappa shape index (κ2) is 5.48. The van der Waals surface area contributed by atoms with E-state index in [1.807, 2.05) is 30.3 Å². The van der Waals surface area contributed by atoms with Crippen LogP contribution in [0.5, 0.6) is 0 Å². The molecule has 0 fully saturated rings. The van der Waals surface area contributed by atoms with Gasteiger partial charge in [-0.2, -0.15) is 0 Å².